The Bertz CT molecular complexity index is 904. The van der Waals surface area contributed by atoms with Gasteiger partial charge in [0, 0.05) is 0 Å². The van der Waals surface area contributed by atoms with Gasteiger partial charge in [-0.3, -0.25) is 19.6 Å². The molecule has 0 radical (unpaired) electrons. The predicted molar refractivity (Wildman–Crippen MR) is 80.2 cm³/mol. The van der Waals surface area contributed by atoms with Crippen molar-refractivity contribution in [2.45, 2.75) is 11.8 Å². The van der Waals surface area contributed by atoms with Crippen LogP contribution in [0.4, 0.5) is 5.69 Å². The molecule has 1 heterocycles. The van der Waals surface area contributed by atoms with Gasteiger partial charge in [-0.1, -0.05) is 18.2 Å². The largest absolute Gasteiger partial charge is 0.288 e. The van der Waals surface area contributed by atoms with Crippen LogP contribution in [0.3, 0.4) is 0 Å². The van der Waals surface area contributed by atoms with Crippen molar-refractivity contribution in [2.24, 2.45) is 0 Å². The van der Waals surface area contributed by atoms with Crippen molar-refractivity contribution in [2.75, 3.05) is 4.72 Å². The minimum atomic E-state index is -3.84. The lowest BCUT2D eigenvalue weighted by atomic mass is 10.1. The van der Waals surface area contributed by atoms with Crippen LogP contribution in [0.15, 0.2) is 47.4 Å². The highest BCUT2D eigenvalue weighted by molar-refractivity contribution is 7.92. The van der Waals surface area contributed by atoms with E-state index < -0.39 is 21.8 Å². The number of sulfonamides is 1. The van der Waals surface area contributed by atoms with Crippen molar-refractivity contribution in [1.29, 1.82) is 0 Å². The second-order valence-corrected chi connectivity index (χ2v) is 6.59. The molecule has 0 saturated carbocycles. The molecule has 2 aromatic rings. The molecule has 0 spiro atoms. The third-order valence-electron chi connectivity index (χ3n) is 3.41. The molecule has 22 heavy (non-hydrogen) atoms. The molecule has 112 valence electrons. The van der Waals surface area contributed by atoms with Crippen molar-refractivity contribution < 1.29 is 18.0 Å². The number of aryl methyl sites for hydroxylation is 1. The van der Waals surface area contributed by atoms with Crippen LogP contribution in [-0.2, 0) is 10.0 Å². The number of carbonyl (C=O) groups is 2. The maximum atomic E-state index is 12.4. The van der Waals surface area contributed by atoms with Gasteiger partial charge in [-0.15, -0.1) is 0 Å². The van der Waals surface area contributed by atoms with Gasteiger partial charge in [-0.05, 0) is 36.8 Å². The van der Waals surface area contributed by atoms with Crippen molar-refractivity contribution in [3.8, 4) is 0 Å². The molecule has 0 atom stereocenters. The number of imide groups is 1. The normalized spacial score (nSPS) is 13.7. The van der Waals surface area contributed by atoms with E-state index in [0.717, 1.165) is 5.56 Å². The minimum Gasteiger partial charge on any atom is -0.288 e. The Morgan fingerprint density at radius 3 is 2.36 bits per heavy atom. The van der Waals surface area contributed by atoms with E-state index in [1.165, 1.54) is 18.2 Å². The van der Waals surface area contributed by atoms with Gasteiger partial charge in [0.25, 0.3) is 21.8 Å². The Morgan fingerprint density at radius 1 is 0.955 bits per heavy atom. The van der Waals surface area contributed by atoms with Crippen LogP contribution in [0, 0.1) is 6.92 Å². The van der Waals surface area contributed by atoms with E-state index in [4.69, 9.17) is 0 Å². The summed E-state index contributed by atoms with van der Waals surface area (Å²) in [6.45, 7) is 1.78. The molecular weight excluding hydrogens is 304 g/mol. The summed E-state index contributed by atoms with van der Waals surface area (Å²) in [4.78, 5) is 23.0. The quantitative estimate of drug-likeness (QED) is 0.843. The number of benzene rings is 2. The van der Waals surface area contributed by atoms with E-state index in [0.29, 0.717) is 5.69 Å². The Morgan fingerprint density at radius 2 is 1.64 bits per heavy atom. The van der Waals surface area contributed by atoms with Crippen LogP contribution in [-0.4, -0.2) is 20.2 Å². The molecule has 2 amide bonds. The van der Waals surface area contributed by atoms with E-state index in [-0.39, 0.29) is 16.0 Å². The molecule has 7 heteroatoms. The Balaban J connectivity index is 2.01. The first-order valence-corrected chi connectivity index (χ1v) is 7.95. The highest BCUT2D eigenvalue weighted by atomic mass is 32.2. The predicted octanol–water partition coefficient (Wildman–Crippen LogP) is 1.68. The molecule has 0 saturated heterocycles. The Hall–Kier alpha value is -2.67. The number of amides is 2. The number of anilines is 1. The topological polar surface area (TPSA) is 92.3 Å². The second-order valence-electron chi connectivity index (χ2n) is 4.91. The molecule has 2 N–H and O–H groups in total. The maximum Gasteiger partial charge on any atom is 0.261 e. The van der Waals surface area contributed by atoms with Gasteiger partial charge in [0.2, 0.25) is 0 Å². The molecule has 2 aromatic carbocycles. The van der Waals surface area contributed by atoms with E-state index in [1.807, 2.05) is 0 Å². The third kappa shape index (κ3) is 2.35. The summed E-state index contributed by atoms with van der Waals surface area (Å²) in [5.74, 6) is -1.11. The maximum absolute atomic E-state index is 12.4. The average molecular weight is 316 g/mol. The summed E-state index contributed by atoms with van der Waals surface area (Å²) in [5.41, 5.74) is 1.49. The summed E-state index contributed by atoms with van der Waals surface area (Å²) in [7, 11) is -3.84. The monoisotopic (exact) mass is 316 g/mol. The summed E-state index contributed by atoms with van der Waals surface area (Å²) >= 11 is 0. The fourth-order valence-corrected chi connectivity index (χ4v) is 3.36. The van der Waals surface area contributed by atoms with Crippen LogP contribution >= 0.6 is 0 Å². The summed E-state index contributed by atoms with van der Waals surface area (Å²) in [6.07, 6.45) is 0. The van der Waals surface area contributed by atoms with Gasteiger partial charge >= 0.3 is 0 Å². The van der Waals surface area contributed by atoms with Crippen LogP contribution in [0.25, 0.3) is 0 Å². The highest BCUT2D eigenvalue weighted by Gasteiger charge is 2.28. The number of hydrogen-bond donors (Lipinski definition) is 2. The lowest BCUT2D eigenvalue weighted by Gasteiger charge is -2.10. The highest BCUT2D eigenvalue weighted by Crippen LogP contribution is 2.23. The van der Waals surface area contributed by atoms with Crippen LogP contribution in [0.5, 0.6) is 0 Å². The lowest BCUT2D eigenvalue weighted by Crippen LogP contribution is -2.20. The smallest absolute Gasteiger partial charge is 0.261 e. The number of hydrogen-bond acceptors (Lipinski definition) is 4. The molecule has 0 unspecified atom stereocenters. The fraction of sp³-hybridized carbons (Fsp3) is 0.0667. The third-order valence-corrected chi connectivity index (χ3v) is 4.77. The van der Waals surface area contributed by atoms with E-state index in [1.54, 1.807) is 31.2 Å². The lowest BCUT2D eigenvalue weighted by molar-refractivity contribution is 0.0879. The van der Waals surface area contributed by atoms with Crippen molar-refractivity contribution >= 4 is 27.5 Å². The van der Waals surface area contributed by atoms with Crippen molar-refractivity contribution in [3.63, 3.8) is 0 Å². The summed E-state index contributed by atoms with van der Waals surface area (Å²) < 4.78 is 27.3. The van der Waals surface area contributed by atoms with E-state index >= 15 is 0 Å². The molecule has 0 bridgehead atoms. The molecule has 0 aliphatic carbocycles. The van der Waals surface area contributed by atoms with E-state index in [2.05, 4.69) is 10.0 Å². The number of para-hydroxylation sites is 1. The van der Waals surface area contributed by atoms with Gasteiger partial charge in [0.05, 0.1) is 21.7 Å². The molecule has 6 nitrogen and oxygen atoms in total. The van der Waals surface area contributed by atoms with Gasteiger partial charge in [-0.25, -0.2) is 8.42 Å². The summed E-state index contributed by atoms with van der Waals surface area (Å²) in [6, 6.07) is 10.8. The SMILES string of the molecule is Cc1ccccc1NS(=O)(=O)c1ccc2c(c1)C(=O)NC2=O. The number of fused-ring (bicyclic) bond motifs is 1. The zero-order valence-corrected chi connectivity index (χ0v) is 12.4. The standard InChI is InChI=1S/C15H12N2O4S/c1-9-4-2-3-5-13(9)17-22(20,21)10-6-7-11-12(8-10)15(19)16-14(11)18/h2-8,17H,1H3,(H,16,18,19). The average Bonchev–Trinajstić information content (AvgIpc) is 2.76. The van der Waals surface area contributed by atoms with Gasteiger partial charge in [-0.2, -0.15) is 0 Å². The number of nitrogens with one attached hydrogen (secondary N) is 2. The van der Waals surface area contributed by atoms with Crippen molar-refractivity contribution in [1.82, 2.24) is 5.32 Å². The van der Waals surface area contributed by atoms with Gasteiger partial charge in [0.15, 0.2) is 0 Å². The second kappa shape index (κ2) is 4.96. The van der Waals surface area contributed by atoms with Crippen LogP contribution < -0.4 is 10.0 Å². The van der Waals surface area contributed by atoms with Crippen LogP contribution in [0.1, 0.15) is 26.3 Å². The van der Waals surface area contributed by atoms with Gasteiger partial charge in [0.1, 0.15) is 0 Å². The van der Waals surface area contributed by atoms with Crippen molar-refractivity contribution in [3.05, 3.63) is 59.2 Å². The van der Waals surface area contributed by atoms with Gasteiger partial charge < -0.3 is 0 Å². The number of rotatable bonds is 3. The van der Waals surface area contributed by atoms with Crippen LogP contribution in [0.2, 0.25) is 0 Å². The molecule has 1 aliphatic heterocycles. The zero-order chi connectivity index (χ0) is 15.9. The molecule has 0 aromatic heterocycles. The Labute approximate surface area is 127 Å². The first-order valence-electron chi connectivity index (χ1n) is 6.47. The summed E-state index contributed by atoms with van der Waals surface area (Å²) in [5, 5.41) is 2.13. The zero-order valence-electron chi connectivity index (χ0n) is 11.6. The molecule has 1 aliphatic rings. The fourth-order valence-electron chi connectivity index (χ4n) is 2.21. The van der Waals surface area contributed by atoms with E-state index in [9.17, 15) is 18.0 Å². The first kappa shape index (κ1) is 14.3. The molecular formula is C15H12N2O4S. The molecule has 0 fully saturated rings. The first-order chi connectivity index (χ1) is 10.4. The minimum absolute atomic E-state index is 0.0673. The molecule has 3 rings (SSSR count). The Kier molecular flexibility index (Phi) is 3.22. The number of carbonyl (C=O) groups excluding carboxylic acids is 2.